The molecule has 1 aromatic carbocycles. The highest BCUT2D eigenvalue weighted by Gasteiger charge is 2.56. The first-order valence-corrected chi connectivity index (χ1v) is 11.4. The number of rotatable bonds is 7. The predicted molar refractivity (Wildman–Crippen MR) is 121 cm³/mol. The van der Waals surface area contributed by atoms with Crippen LogP contribution in [0.2, 0.25) is 0 Å². The van der Waals surface area contributed by atoms with Gasteiger partial charge in [-0.25, -0.2) is 9.97 Å². The number of hydrogen-bond acceptors (Lipinski definition) is 5. The highest BCUT2D eigenvalue weighted by molar-refractivity contribution is 5.77. The summed E-state index contributed by atoms with van der Waals surface area (Å²) in [6.45, 7) is 9.28. The summed E-state index contributed by atoms with van der Waals surface area (Å²) in [6, 6.07) is 10.6. The number of nitrogens with one attached hydrogen (secondary N) is 1. The van der Waals surface area contributed by atoms with E-state index in [9.17, 15) is 4.79 Å². The van der Waals surface area contributed by atoms with Crippen molar-refractivity contribution in [2.45, 2.75) is 45.2 Å². The van der Waals surface area contributed by atoms with Crippen LogP contribution in [0.5, 0.6) is 0 Å². The molecule has 8 heteroatoms. The number of aromatic amines is 1. The van der Waals surface area contributed by atoms with Crippen LogP contribution in [-0.4, -0.2) is 66.6 Å². The van der Waals surface area contributed by atoms with Crippen LogP contribution in [0.4, 0.5) is 0 Å². The van der Waals surface area contributed by atoms with Gasteiger partial charge in [-0.05, 0) is 5.56 Å². The minimum absolute atomic E-state index is 0.0349. The van der Waals surface area contributed by atoms with E-state index >= 15 is 0 Å². The molecule has 0 saturated carbocycles. The zero-order valence-electron chi connectivity index (χ0n) is 18.8. The van der Waals surface area contributed by atoms with Crippen molar-refractivity contribution in [3.8, 4) is 0 Å². The number of aromatic nitrogens is 5. The van der Waals surface area contributed by atoms with Crippen LogP contribution >= 0.6 is 0 Å². The van der Waals surface area contributed by atoms with Gasteiger partial charge in [-0.15, -0.1) is 0 Å². The van der Waals surface area contributed by atoms with Gasteiger partial charge in [0.1, 0.15) is 5.82 Å². The standard InChI is InChI=1S/C24H31N7O/c1-18(2)22-26-23(28-27-22)20-13-30(12-19-6-4-3-5-7-19)14-24(20)15-31(16-24)21(32)8-10-29-11-9-25-17-29/h3-7,9,11,17-18,20H,8,10,12-16H2,1-2H3,(H,26,27,28). The van der Waals surface area contributed by atoms with E-state index in [-0.39, 0.29) is 17.2 Å². The van der Waals surface area contributed by atoms with Crippen molar-refractivity contribution < 1.29 is 4.79 Å². The van der Waals surface area contributed by atoms with Crippen molar-refractivity contribution in [2.75, 3.05) is 26.2 Å². The van der Waals surface area contributed by atoms with Gasteiger partial charge in [0.15, 0.2) is 5.82 Å². The Kier molecular flexibility index (Phi) is 5.55. The summed E-state index contributed by atoms with van der Waals surface area (Å²) in [6.07, 6.45) is 5.91. The molecule has 2 aliphatic heterocycles. The van der Waals surface area contributed by atoms with Crippen LogP contribution < -0.4 is 0 Å². The Labute approximate surface area is 188 Å². The first kappa shape index (κ1) is 20.9. The molecule has 2 fully saturated rings. The number of likely N-dealkylation sites (tertiary alicyclic amines) is 2. The van der Waals surface area contributed by atoms with Crippen molar-refractivity contribution in [1.82, 2.24) is 34.5 Å². The summed E-state index contributed by atoms with van der Waals surface area (Å²) in [7, 11) is 0. The minimum Gasteiger partial charge on any atom is -0.341 e. The van der Waals surface area contributed by atoms with Gasteiger partial charge >= 0.3 is 0 Å². The van der Waals surface area contributed by atoms with Crippen LogP contribution in [-0.2, 0) is 17.9 Å². The summed E-state index contributed by atoms with van der Waals surface area (Å²) in [5.74, 6) is 2.59. The van der Waals surface area contributed by atoms with E-state index in [1.807, 2.05) is 15.7 Å². The Morgan fingerprint density at radius 1 is 1.22 bits per heavy atom. The fourth-order valence-electron chi connectivity index (χ4n) is 5.12. The third-order valence-corrected chi connectivity index (χ3v) is 6.84. The van der Waals surface area contributed by atoms with Gasteiger partial charge in [0.2, 0.25) is 5.91 Å². The lowest BCUT2D eigenvalue weighted by Gasteiger charge is -2.50. The van der Waals surface area contributed by atoms with Crippen LogP contribution in [0.1, 0.15) is 49.3 Å². The molecular weight excluding hydrogens is 402 g/mol. The molecule has 0 bridgehead atoms. The Balaban J connectivity index is 1.29. The molecule has 2 aliphatic rings. The molecule has 1 amide bonds. The normalized spacial score (nSPS) is 20.2. The molecule has 4 heterocycles. The first-order chi connectivity index (χ1) is 15.5. The average molecular weight is 434 g/mol. The van der Waals surface area contributed by atoms with E-state index in [2.05, 4.69) is 64.3 Å². The van der Waals surface area contributed by atoms with E-state index in [1.54, 1.807) is 12.5 Å². The maximum atomic E-state index is 12.8. The molecule has 32 heavy (non-hydrogen) atoms. The SMILES string of the molecule is CC(C)c1n[nH]c(C2CN(Cc3ccccc3)CC23CN(C(=O)CCn2ccnc2)C3)n1. The van der Waals surface area contributed by atoms with E-state index in [0.29, 0.717) is 18.9 Å². The predicted octanol–water partition coefficient (Wildman–Crippen LogP) is 2.64. The first-order valence-electron chi connectivity index (χ1n) is 11.4. The smallest absolute Gasteiger partial charge is 0.224 e. The van der Waals surface area contributed by atoms with Crippen molar-refractivity contribution in [3.63, 3.8) is 0 Å². The van der Waals surface area contributed by atoms with Crippen molar-refractivity contribution in [2.24, 2.45) is 5.41 Å². The molecule has 5 rings (SSSR count). The second-order valence-electron chi connectivity index (χ2n) is 9.60. The molecule has 1 unspecified atom stereocenters. The van der Waals surface area contributed by atoms with Gasteiger partial charge in [-0.3, -0.25) is 14.8 Å². The fraction of sp³-hybridized carbons (Fsp3) is 0.500. The van der Waals surface area contributed by atoms with Crippen LogP contribution in [0, 0.1) is 5.41 Å². The molecule has 2 saturated heterocycles. The molecule has 168 valence electrons. The molecule has 3 aromatic rings. The second kappa shape index (κ2) is 8.50. The van der Waals surface area contributed by atoms with Crippen LogP contribution in [0.25, 0.3) is 0 Å². The fourth-order valence-corrected chi connectivity index (χ4v) is 5.12. The number of amides is 1. The number of benzene rings is 1. The lowest BCUT2D eigenvalue weighted by atomic mass is 9.71. The molecule has 1 spiro atoms. The van der Waals surface area contributed by atoms with Crippen molar-refractivity contribution >= 4 is 5.91 Å². The van der Waals surface area contributed by atoms with Gasteiger partial charge < -0.3 is 9.47 Å². The molecule has 0 aliphatic carbocycles. The molecule has 2 aromatic heterocycles. The van der Waals surface area contributed by atoms with Crippen molar-refractivity contribution in [3.05, 3.63) is 66.3 Å². The number of imidazole rings is 1. The zero-order valence-corrected chi connectivity index (χ0v) is 18.8. The number of nitrogens with zero attached hydrogens (tertiary/aromatic N) is 6. The number of H-pyrrole nitrogens is 1. The largest absolute Gasteiger partial charge is 0.341 e. The Bertz CT molecular complexity index is 1040. The van der Waals surface area contributed by atoms with E-state index in [1.165, 1.54) is 5.56 Å². The quantitative estimate of drug-likeness (QED) is 0.619. The Morgan fingerprint density at radius 2 is 2.03 bits per heavy atom. The summed E-state index contributed by atoms with van der Waals surface area (Å²) in [5.41, 5.74) is 1.35. The number of hydrogen-bond donors (Lipinski definition) is 1. The van der Waals surface area contributed by atoms with Crippen molar-refractivity contribution in [1.29, 1.82) is 0 Å². The minimum atomic E-state index is 0.0349. The highest BCUT2D eigenvalue weighted by atomic mass is 16.2. The third kappa shape index (κ3) is 4.07. The van der Waals surface area contributed by atoms with E-state index < -0.39 is 0 Å². The number of carbonyl (C=O) groups is 1. The zero-order chi connectivity index (χ0) is 22.1. The summed E-state index contributed by atoms with van der Waals surface area (Å²) in [5, 5.41) is 7.68. The maximum Gasteiger partial charge on any atom is 0.224 e. The monoisotopic (exact) mass is 433 g/mol. The third-order valence-electron chi connectivity index (χ3n) is 6.84. The van der Waals surface area contributed by atoms with Gasteiger partial charge in [-0.1, -0.05) is 44.2 Å². The topological polar surface area (TPSA) is 82.9 Å². The van der Waals surface area contributed by atoms with E-state index in [0.717, 1.165) is 44.4 Å². The molecule has 8 nitrogen and oxygen atoms in total. The number of aryl methyl sites for hydroxylation is 1. The Morgan fingerprint density at radius 3 is 2.72 bits per heavy atom. The number of carbonyl (C=O) groups excluding carboxylic acids is 1. The van der Waals surface area contributed by atoms with Gasteiger partial charge in [0.05, 0.1) is 6.33 Å². The summed E-state index contributed by atoms with van der Waals surface area (Å²) in [4.78, 5) is 26.2. The highest BCUT2D eigenvalue weighted by Crippen LogP contribution is 2.48. The van der Waals surface area contributed by atoms with Gasteiger partial charge in [0.25, 0.3) is 0 Å². The molecule has 1 atom stereocenters. The summed E-state index contributed by atoms with van der Waals surface area (Å²) < 4.78 is 1.95. The Hall–Kier alpha value is -3.00. The maximum absolute atomic E-state index is 12.8. The van der Waals surface area contributed by atoms with Gasteiger partial charge in [-0.2, -0.15) is 5.10 Å². The van der Waals surface area contributed by atoms with Crippen LogP contribution in [0.15, 0.2) is 49.1 Å². The second-order valence-corrected chi connectivity index (χ2v) is 9.60. The summed E-state index contributed by atoms with van der Waals surface area (Å²) >= 11 is 0. The molecule has 0 radical (unpaired) electrons. The van der Waals surface area contributed by atoms with E-state index in [4.69, 9.17) is 4.98 Å². The lowest BCUT2D eigenvalue weighted by Crippen LogP contribution is -2.61. The average Bonchev–Trinajstić information content (AvgIpc) is 3.50. The lowest BCUT2D eigenvalue weighted by molar-refractivity contribution is -0.143. The molecule has 1 N–H and O–H groups in total. The van der Waals surface area contributed by atoms with Gasteiger partial charge in [0, 0.05) is 75.3 Å². The molecular formula is C24H31N7O. The van der Waals surface area contributed by atoms with Crippen LogP contribution in [0.3, 0.4) is 0 Å².